The van der Waals surface area contributed by atoms with Gasteiger partial charge in [-0.3, -0.25) is 0 Å². The molecule has 1 aliphatic heterocycles. The first-order chi connectivity index (χ1) is 8.24. The summed E-state index contributed by atoms with van der Waals surface area (Å²) in [7, 11) is 0. The molecule has 88 valence electrons. The summed E-state index contributed by atoms with van der Waals surface area (Å²) in [6.07, 6.45) is 0. The lowest BCUT2D eigenvalue weighted by Crippen LogP contribution is -2.16. The largest absolute Gasteiger partial charge is 0.486 e. The van der Waals surface area contributed by atoms with Crippen molar-refractivity contribution >= 4 is 5.57 Å². The Kier molecular flexibility index (Phi) is 3.20. The Bertz CT molecular complexity index is 488. The molecule has 0 saturated carbocycles. The summed E-state index contributed by atoms with van der Waals surface area (Å²) in [4.78, 5) is 0. The molecule has 0 aromatic heterocycles. The molecule has 0 atom stereocenters. The Morgan fingerprint density at radius 1 is 1.47 bits per heavy atom. The second kappa shape index (κ2) is 4.79. The number of hydrogen-bond donors (Lipinski definition) is 0. The van der Waals surface area contributed by atoms with Crippen molar-refractivity contribution < 1.29 is 14.2 Å². The fraction of sp³-hybridized carbons (Fsp3) is 0.308. The Morgan fingerprint density at radius 3 is 2.94 bits per heavy atom. The van der Waals surface area contributed by atoms with E-state index in [4.69, 9.17) is 19.5 Å². The fourth-order valence-corrected chi connectivity index (χ4v) is 1.73. The number of ether oxygens (including phenoxy) is 3. The van der Waals surface area contributed by atoms with E-state index in [0.29, 0.717) is 30.5 Å². The number of hydrogen-bond acceptors (Lipinski definition) is 4. The highest BCUT2D eigenvalue weighted by Gasteiger charge is 2.20. The minimum atomic E-state index is -0.0000756. The van der Waals surface area contributed by atoms with Crippen molar-refractivity contribution in [3.8, 4) is 23.3 Å². The van der Waals surface area contributed by atoms with Crippen LogP contribution in [0, 0.1) is 11.3 Å². The lowest BCUT2D eigenvalue weighted by Gasteiger charge is -2.22. The standard InChI is InChI=1S/C13H13NO3/c1-9(2)12-10(15-6-5-14)3-4-11-13(12)17-8-7-16-11/h3-4H,1,6-8H2,2H3. The van der Waals surface area contributed by atoms with Crippen LogP contribution in [0.1, 0.15) is 12.5 Å². The first-order valence-electron chi connectivity index (χ1n) is 5.32. The SMILES string of the molecule is C=C(C)c1c(OCC#N)ccc2c1OCCO2. The van der Waals surface area contributed by atoms with Crippen LogP contribution < -0.4 is 14.2 Å². The van der Waals surface area contributed by atoms with Gasteiger partial charge in [0.25, 0.3) is 0 Å². The molecule has 0 radical (unpaired) electrons. The predicted molar refractivity (Wildman–Crippen MR) is 63.2 cm³/mol. The number of nitrogens with zero attached hydrogens (tertiary/aromatic N) is 1. The maximum Gasteiger partial charge on any atom is 0.174 e. The van der Waals surface area contributed by atoms with Gasteiger partial charge in [-0.25, -0.2) is 0 Å². The molecule has 0 unspecified atom stereocenters. The van der Waals surface area contributed by atoms with Gasteiger partial charge in [-0.1, -0.05) is 6.58 Å². The van der Waals surface area contributed by atoms with Crippen molar-refractivity contribution in [3.05, 3.63) is 24.3 Å². The zero-order valence-electron chi connectivity index (χ0n) is 9.66. The van der Waals surface area contributed by atoms with Crippen LogP contribution in [-0.2, 0) is 0 Å². The van der Waals surface area contributed by atoms with Crippen molar-refractivity contribution in [1.29, 1.82) is 5.26 Å². The normalized spacial score (nSPS) is 12.7. The summed E-state index contributed by atoms with van der Waals surface area (Å²) < 4.78 is 16.4. The zero-order chi connectivity index (χ0) is 12.3. The van der Waals surface area contributed by atoms with Crippen LogP contribution in [0.15, 0.2) is 18.7 Å². The molecule has 1 aromatic carbocycles. The monoisotopic (exact) mass is 231 g/mol. The molecule has 4 heteroatoms. The molecule has 0 spiro atoms. The van der Waals surface area contributed by atoms with Gasteiger partial charge in [-0.15, -0.1) is 0 Å². The Balaban J connectivity index is 2.46. The van der Waals surface area contributed by atoms with Gasteiger partial charge in [-0.2, -0.15) is 5.26 Å². The number of benzene rings is 1. The topological polar surface area (TPSA) is 51.5 Å². The number of rotatable bonds is 3. The third kappa shape index (κ3) is 2.18. The zero-order valence-corrected chi connectivity index (χ0v) is 9.66. The number of fused-ring (bicyclic) bond motifs is 1. The first kappa shape index (κ1) is 11.3. The minimum Gasteiger partial charge on any atom is -0.486 e. The Hall–Kier alpha value is -2.15. The maximum absolute atomic E-state index is 8.54. The van der Waals surface area contributed by atoms with Crippen LogP contribution in [0.4, 0.5) is 0 Å². The quantitative estimate of drug-likeness (QED) is 0.801. The molecular weight excluding hydrogens is 218 g/mol. The van der Waals surface area contributed by atoms with Crippen LogP contribution >= 0.6 is 0 Å². The lowest BCUT2D eigenvalue weighted by molar-refractivity contribution is 0.170. The molecule has 0 amide bonds. The molecule has 4 nitrogen and oxygen atoms in total. The molecule has 1 aliphatic rings. The van der Waals surface area contributed by atoms with E-state index in [1.165, 1.54) is 0 Å². The van der Waals surface area contributed by atoms with E-state index in [0.717, 1.165) is 11.1 Å². The molecule has 0 fully saturated rings. The Labute approximate surface area is 100 Å². The lowest BCUT2D eigenvalue weighted by atomic mass is 10.1. The average molecular weight is 231 g/mol. The van der Waals surface area contributed by atoms with Gasteiger partial charge in [0, 0.05) is 0 Å². The molecule has 1 aromatic rings. The summed E-state index contributed by atoms with van der Waals surface area (Å²) in [5.74, 6) is 1.95. The van der Waals surface area contributed by atoms with E-state index in [1.807, 2.05) is 13.0 Å². The molecule has 0 N–H and O–H groups in total. The van der Waals surface area contributed by atoms with E-state index >= 15 is 0 Å². The molecule has 0 aliphatic carbocycles. The molecule has 2 rings (SSSR count). The van der Waals surface area contributed by atoms with Gasteiger partial charge in [0.2, 0.25) is 0 Å². The van der Waals surface area contributed by atoms with Gasteiger partial charge in [-0.05, 0) is 24.6 Å². The van der Waals surface area contributed by atoms with Crippen LogP contribution in [0.5, 0.6) is 17.2 Å². The second-order valence-corrected chi connectivity index (χ2v) is 3.69. The van der Waals surface area contributed by atoms with Crippen LogP contribution in [0.25, 0.3) is 5.57 Å². The average Bonchev–Trinajstić information content (AvgIpc) is 2.35. The summed E-state index contributed by atoms with van der Waals surface area (Å²) in [5.41, 5.74) is 1.60. The number of allylic oxidation sites excluding steroid dienone is 1. The highest BCUT2D eigenvalue weighted by Crippen LogP contribution is 2.42. The molecule has 0 saturated heterocycles. The van der Waals surface area contributed by atoms with Gasteiger partial charge in [0.15, 0.2) is 18.1 Å². The van der Waals surface area contributed by atoms with E-state index < -0.39 is 0 Å². The summed E-state index contributed by atoms with van der Waals surface area (Å²) in [5, 5.41) is 8.54. The highest BCUT2D eigenvalue weighted by atomic mass is 16.6. The minimum absolute atomic E-state index is 0.0000756. The summed E-state index contributed by atoms with van der Waals surface area (Å²) in [6.45, 7) is 6.82. The predicted octanol–water partition coefficient (Wildman–Crippen LogP) is 2.39. The van der Waals surface area contributed by atoms with E-state index in [9.17, 15) is 0 Å². The van der Waals surface area contributed by atoms with E-state index in [-0.39, 0.29) is 6.61 Å². The highest BCUT2D eigenvalue weighted by molar-refractivity contribution is 5.75. The molecular formula is C13H13NO3. The second-order valence-electron chi connectivity index (χ2n) is 3.69. The van der Waals surface area contributed by atoms with Crippen LogP contribution in [-0.4, -0.2) is 19.8 Å². The maximum atomic E-state index is 8.54. The van der Waals surface area contributed by atoms with Gasteiger partial charge < -0.3 is 14.2 Å². The smallest absolute Gasteiger partial charge is 0.174 e. The van der Waals surface area contributed by atoms with Crippen molar-refractivity contribution in [2.24, 2.45) is 0 Å². The van der Waals surface area contributed by atoms with Gasteiger partial charge in [0.05, 0.1) is 5.56 Å². The van der Waals surface area contributed by atoms with Crippen molar-refractivity contribution in [2.45, 2.75) is 6.92 Å². The van der Waals surface area contributed by atoms with Crippen molar-refractivity contribution in [1.82, 2.24) is 0 Å². The number of nitriles is 1. The third-order valence-electron chi connectivity index (χ3n) is 2.39. The molecule has 17 heavy (non-hydrogen) atoms. The van der Waals surface area contributed by atoms with Gasteiger partial charge >= 0.3 is 0 Å². The third-order valence-corrected chi connectivity index (χ3v) is 2.39. The Morgan fingerprint density at radius 2 is 2.24 bits per heavy atom. The summed E-state index contributed by atoms with van der Waals surface area (Å²) >= 11 is 0. The van der Waals surface area contributed by atoms with Crippen molar-refractivity contribution in [2.75, 3.05) is 19.8 Å². The molecule has 1 heterocycles. The fourth-order valence-electron chi connectivity index (χ4n) is 1.73. The first-order valence-corrected chi connectivity index (χ1v) is 5.32. The van der Waals surface area contributed by atoms with Crippen LogP contribution in [0.3, 0.4) is 0 Å². The van der Waals surface area contributed by atoms with Gasteiger partial charge in [0.1, 0.15) is 25.0 Å². The van der Waals surface area contributed by atoms with Crippen LogP contribution in [0.2, 0.25) is 0 Å². The van der Waals surface area contributed by atoms with Crippen molar-refractivity contribution in [3.63, 3.8) is 0 Å². The molecule has 0 bridgehead atoms. The van der Waals surface area contributed by atoms with E-state index in [2.05, 4.69) is 6.58 Å². The van der Waals surface area contributed by atoms with E-state index in [1.54, 1.807) is 12.1 Å². The summed E-state index contributed by atoms with van der Waals surface area (Å²) in [6, 6.07) is 5.50.